The highest BCUT2D eigenvalue weighted by Gasteiger charge is 2.46. The Labute approximate surface area is 231 Å². The number of hydrogen-bond acceptors (Lipinski definition) is 7. The highest BCUT2D eigenvalue weighted by molar-refractivity contribution is 6.46. The number of pyridine rings is 1. The number of benzene rings is 3. The van der Waals surface area contributed by atoms with Gasteiger partial charge in [-0.25, -0.2) is 0 Å². The van der Waals surface area contributed by atoms with Crippen LogP contribution >= 0.6 is 0 Å². The number of Topliss-reactive ketones (excluding diaryl/α,β-unsaturated/α-hetero) is 1. The Kier molecular flexibility index (Phi) is 7.50. The molecule has 8 nitrogen and oxygen atoms in total. The summed E-state index contributed by atoms with van der Waals surface area (Å²) >= 11 is 0. The van der Waals surface area contributed by atoms with Gasteiger partial charge >= 0.3 is 0 Å². The van der Waals surface area contributed by atoms with Crippen molar-refractivity contribution < 1.29 is 29.3 Å². The number of carbonyl (C=O) groups is 2. The molecule has 0 saturated carbocycles. The van der Waals surface area contributed by atoms with Gasteiger partial charge in [-0.3, -0.25) is 14.6 Å². The molecule has 2 heterocycles. The van der Waals surface area contributed by atoms with Crippen molar-refractivity contribution in [1.29, 1.82) is 0 Å². The average Bonchev–Trinajstić information content (AvgIpc) is 3.22. The molecule has 1 aliphatic heterocycles. The smallest absolute Gasteiger partial charge is 0.295 e. The fraction of sp³-hybridized carbons (Fsp3) is 0.156. The summed E-state index contributed by atoms with van der Waals surface area (Å²) in [4.78, 5) is 32.0. The highest BCUT2D eigenvalue weighted by atomic mass is 16.5. The number of phenols is 1. The first kappa shape index (κ1) is 26.5. The van der Waals surface area contributed by atoms with Crippen LogP contribution in [0.5, 0.6) is 17.2 Å². The lowest BCUT2D eigenvalue weighted by atomic mass is 9.94. The number of ketones is 1. The molecule has 0 unspecified atom stereocenters. The van der Waals surface area contributed by atoms with Gasteiger partial charge in [0.05, 0.1) is 18.7 Å². The van der Waals surface area contributed by atoms with Crippen LogP contribution in [-0.4, -0.2) is 38.9 Å². The minimum Gasteiger partial charge on any atom is -0.507 e. The molecule has 0 spiro atoms. The van der Waals surface area contributed by atoms with E-state index in [9.17, 15) is 19.8 Å². The second kappa shape index (κ2) is 11.3. The summed E-state index contributed by atoms with van der Waals surface area (Å²) in [7, 11) is 1.41. The average molecular weight is 537 g/mol. The predicted octanol–water partition coefficient (Wildman–Crippen LogP) is 5.31. The number of aryl methyl sites for hydroxylation is 1. The lowest BCUT2D eigenvalue weighted by Crippen LogP contribution is -2.29. The number of likely N-dealkylation sites (tertiary alicyclic amines) is 1. The fourth-order valence-corrected chi connectivity index (χ4v) is 4.74. The summed E-state index contributed by atoms with van der Waals surface area (Å²) in [5.41, 5.74) is 3.76. The minimum absolute atomic E-state index is 0.0552. The molecule has 3 aromatic carbocycles. The topological polar surface area (TPSA) is 109 Å². The number of aromatic hydroxyl groups is 1. The molecule has 2 N–H and O–H groups in total. The number of nitrogens with zero attached hydrogens (tertiary/aromatic N) is 2. The van der Waals surface area contributed by atoms with Crippen LogP contribution in [0.2, 0.25) is 0 Å². The van der Waals surface area contributed by atoms with Gasteiger partial charge in [0.1, 0.15) is 18.1 Å². The maximum absolute atomic E-state index is 13.4. The molecule has 8 heteroatoms. The number of phenolic OH excluding ortho intramolecular Hbond substituents is 1. The summed E-state index contributed by atoms with van der Waals surface area (Å²) in [6, 6.07) is 21.8. The summed E-state index contributed by atoms with van der Waals surface area (Å²) in [6.07, 6.45) is 3.21. The van der Waals surface area contributed by atoms with Crippen LogP contribution in [0.15, 0.2) is 96.8 Å². The first-order valence-electron chi connectivity index (χ1n) is 12.7. The van der Waals surface area contributed by atoms with E-state index >= 15 is 0 Å². The van der Waals surface area contributed by atoms with Crippen LogP contribution in [0, 0.1) is 6.92 Å². The number of carbonyl (C=O) groups excluding carboxylic acids is 2. The van der Waals surface area contributed by atoms with Crippen molar-refractivity contribution in [1.82, 2.24) is 9.88 Å². The molecule has 1 fully saturated rings. The third-order valence-electron chi connectivity index (χ3n) is 6.95. The molecule has 4 aromatic rings. The Morgan fingerprint density at radius 1 is 0.975 bits per heavy atom. The predicted molar refractivity (Wildman–Crippen MR) is 149 cm³/mol. The molecule has 1 saturated heterocycles. The fourth-order valence-electron chi connectivity index (χ4n) is 4.74. The van der Waals surface area contributed by atoms with Crippen molar-refractivity contribution in [3.8, 4) is 17.2 Å². The van der Waals surface area contributed by atoms with E-state index in [1.807, 2.05) is 31.2 Å². The van der Waals surface area contributed by atoms with Gasteiger partial charge in [0.15, 0.2) is 11.5 Å². The van der Waals surface area contributed by atoms with Gasteiger partial charge in [-0.05, 0) is 77.7 Å². The molecular weight excluding hydrogens is 508 g/mol. The van der Waals surface area contributed by atoms with Crippen LogP contribution in [-0.2, 0) is 22.7 Å². The lowest BCUT2D eigenvalue weighted by Gasteiger charge is -2.26. The molecule has 1 amide bonds. The number of aliphatic hydroxyl groups excluding tert-OH is 1. The minimum atomic E-state index is -0.917. The molecule has 40 heavy (non-hydrogen) atoms. The molecular formula is C32H28N2O6. The third-order valence-corrected chi connectivity index (χ3v) is 6.95. The van der Waals surface area contributed by atoms with Crippen molar-refractivity contribution in [2.24, 2.45) is 0 Å². The Bertz CT molecular complexity index is 1580. The molecule has 1 aliphatic rings. The molecule has 0 radical (unpaired) electrons. The van der Waals surface area contributed by atoms with E-state index in [1.54, 1.807) is 60.9 Å². The maximum Gasteiger partial charge on any atom is 0.295 e. The van der Waals surface area contributed by atoms with E-state index in [-0.39, 0.29) is 29.4 Å². The first-order valence-corrected chi connectivity index (χ1v) is 12.7. The highest BCUT2D eigenvalue weighted by Crippen LogP contribution is 2.42. The van der Waals surface area contributed by atoms with Gasteiger partial charge in [-0.15, -0.1) is 0 Å². The number of aliphatic hydroxyl groups is 1. The van der Waals surface area contributed by atoms with E-state index in [4.69, 9.17) is 9.47 Å². The first-order chi connectivity index (χ1) is 19.4. The van der Waals surface area contributed by atoms with Gasteiger partial charge in [0.25, 0.3) is 11.7 Å². The molecule has 5 rings (SSSR count). The Morgan fingerprint density at radius 3 is 2.40 bits per heavy atom. The van der Waals surface area contributed by atoms with Crippen molar-refractivity contribution in [3.05, 3.63) is 125 Å². The summed E-state index contributed by atoms with van der Waals surface area (Å²) in [6.45, 7) is 2.52. The number of ether oxygens (including phenoxy) is 2. The zero-order valence-corrected chi connectivity index (χ0v) is 22.1. The largest absolute Gasteiger partial charge is 0.507 e. The number of amides is 1. The summed E-state index contributed by atoms with van der Waals surface area (Å²) in [5, 5.41) is 21.5. The number of hydrogen-bond donors (Lipinski definition) is 2. The van der Waals surface area contributed by atoms with E-state index in [0.29, 0.717) is 23.5 Å². The van der Waals surface area contributed by atoms with E-state index in [0.717, 1.165) is 16.7 Å². The number of aromatic nitrogens is 1. The molecule has 202 valence electrons. The Morgan fingerprint density at radius 2 is 1.70 bits per heavy atom. The summed E-state index contributed by atoms with van der Waals surface area (Å²) in [5.74, 6) is -1.16. The van der Waals surface area contributed by atoms with Crippen molar-refractivity contribution >= 4 is 17.4 Å². The maximum atomic E-state index is 13.4. The molecule has 1 aromatic heterocycles. The molecule has 1 atom stereocenters. The third kappa shape index (κ3) is 5.24. The SMILES string of the molecule is COc1cc([C@H]2/C(=C(\O)c3ccc(OCc4ccccc4C)cc3)C(=O)C(=O)N2Cc2ccncc2)ccc1O. The van der Waals surface area contributed by atoms with E-state index < -0.39 is 17.7 Å². The molecule has 0 aliphatic carbocycles. The van der Waals surface area contributed by atoms with Crippen molar-refractivity contribution in [2.45, 2.75) is 26.1 Å². The van der Waals surface area contributed by atoms with Crippen LogP contribution in [0.3, 0.4) is 0 Å². The van der Waals surface area contributed by atoms with Crippen molar-refractivity contribution in [2.75, 3.05) is 7.11 Å². The summed E-state index contributed by atoms with van der Waals surface area (Å²) < 4.78 is 11.2. The number of methoxy groups -OCH3 is 1. The van der Waals surface area contributed by atoms with Gasteiger partial charge in [-0.2, -0.15) is 0 Å². The van der Waals surface area contributed by atoms with Gasteiger partial charge in [0, 0.05) is 24.5 Å². The van der Waals surface area contributed by atoms with Gasteiger partial charge in [0.2, 0.25) is 0 Å². The van der Waals surface area contributed by atoms with E-state index in [2.05, 4.69) is 4.98 Å². The normalized spacial score (nSPS) is 16.2. The second-order valence-electron chi connectivity index (χ2n) is 9.45. The van der Waals surface area contributed by atoms with Crippen LogP contribution in [0.4, 0.5) is 0 Å². The Balaban J connectivity index is 1.51. The Hall–Kier alpha value is -5.11. The second-order valence-corrected chi connectivity index (χ2v) is 9.45. The van der Waals surface area contributed by atoms with Crippen molar-refractivity contribution in [3.63, 3.8) is 0 Å². The van der Waals surface area contributed by atoms with Crippen LogP contribution < -0.4 is 9.47 Å². The zero-order valence-electron chi connectivity index (χ0n) is 22.1. The van der Waals surface area contributed by atoms with Crippen LogP contribution in [0.25, 0.3) is 5.76 Å². The number of rotatable bonds is 8. The standard InChI is InChI=1S/C32H28N2O6/c1-20-5-3-4-6-24(20)19-40-25-10-7-22(8-11-25)30(36)28-29(23-9-12-26(35)27(17-23)39-2)34(32(38)31(28)37)18-21-13-15-33-16-14-21/h3-17,29,35-36H,18-19H2,1-2H3/b30-28+/t29-/m0/s1. The lowest BCUT2D eigenvalue weighted by molar-refractivity contribution is -0.140. The van der Waals surface area contributed by atoms with Gasteiger partial charge < -0.3 is 24.6 Å². The molecule has 0 bridgehead atoms. The quantitative estimate of drug-likeness (QED) is 0.179. The zero-order chi connectivity index (χ0) is 28.2. The van der Waals surface area contributed by atoms with Gasteiger partial charge in [-0.1, -0.05) is 30.3 Å². The van der Waals surface area contributed by atoms with Crippen LogP contribution in [0.1, 0.15) is 33.9 Å². The monoisotopic (exact) mass is 536 g/mol. The van der Waals surface area contributed by atoms with E-state index in [1.165, 1.54) is 18.1 Å².